The van der Waals surface area contributed by atoms with Gasteiger partial charge in [0.15, 0.2) is 0 Å². The second kappa shape index (κ2) is 11.4. The van der Waals surface area contributed by atoms with Crippen LogP contribution in [0.2, 0.25) is 0 Å². The summed E-state index contributed by atoms with van der Waals surface area (Å²) < 4.78 is 0. The molecule has 0 amide bonds. The summed E-state index contributed by atoms with van der Waals surface area (Å²) in [5, 5.41) is 9.89. The zero-order chi connectivity index (χ0) is 17.2. The number of nitrogens with zero attached hydrogens (tertiary/aromatic N) is 3. The molecule has 2 atom stereocenters. The zero-order valence-corrected chi connectivity index (χ0v) is 16.2. The number of hydrogen-bond acceptors (Lipinski definition) is 6. The summed E-state index contributed by atoms with van der Waals surface area (Å²) in [4.78, 5) is 8.30. The summed E-state index contributed by atoms with van der Waals surface area (Å²) in [6.45, 7) is 9.61. The highest BCUT2D eigenvalue weighted by Gasteiger charge is 2.41. The molecule has 2 rings (SSSR count). The Morgan fingerprint density at radius 2 is 1.08 bits per heavy atom. The van der Waals surface area contributed by atoms with Crippen LogP contribution in [0.15, 0.2) is 0 Å². The van der Waals surface area contributed by atoms with Gasteiger partial charge in [0.1, 0.15) is 0 Å². The Kier molecular flexibility index (Phi) is 9.53. The Morgan fingerprint density at radius 1 is 0.667 bits per heavy atom. The van der Waals surface area contributed by atoms with Gasteiger partial charge in [-0.05, 0) is 72.9 Å². The maximum absolute atomic E-state index is 3.31. The van der Waals surface area contributed by atoms with Crippen LogP contribution < -0.4 is 16.0 Å². The molecule has 2 bridgehead atoms. The molecular weight excluding hydrogens is 300 g/mol. The lowest BCUT2D eigenvalue weighted by Gasteiger charge is -2.56. The topological polar surface area (TPSA) is 45.8 Å². The molecule has 2 aliphatic heterocycles. The number of hydrogen-bond donors (Lipinski definition) is 3. The van der Waals surface area contributed by atoms with Crippen molar-refractivity contribution in [1.29, 1.82) is 0 Å². The molecule has 3 N–H and O–H groups in total. The Morgan fingerprint density at radius 3 is 1.50 bits per heavy atom. The smallest absolute Gasteiger partial charge is 0.0648 e. The Bertz CT molecular complexity index is 301. The predicted molar refractivity (Wildman–Crippen MR) is 102 cm³/mol. The molecule has 0 aromatic rings. The summed E-state index contributed by atoms with van der Waals surface area (Å²) in [5.41, 5.74) is 0. The summed E-state index contributed by atoms with van der Waals surface area (Å²) in [6, 6.07) is 0. The summed E-state index contributed by atoms with van der Waals surface area (Å²) in [5.74, 6) is 0. The molecule has 2 saturated heterocycles. The van der Waals surface area contributed by atoms with Gasteiger partial charge in [0.05, 0.1) is 12.3 Å². The van der Waals surface area contributed by atoms with E-state index in [0.29, 0.717) is 12.3 Å². The van der Waals surface area contributed by atoms with E-state index in [9.17, 15) is 0 Å². The lowest BCUT2D eigenvalue weighted by molar-refractivity contribution is -0.130. The SMILES string of the molecule is CNCCCN1CCC2N(CCCNC)CCC1N2CCCNC. The van der Waals surface area contributed by atoms with Crippen molar-refractivity contribution < 1.29 is 0 Å². The van der Waals surface area contributed by atoms with Crippen LogP contribution >= 0.6 is 0 Å². The Labute approximate surface area is 149 Å². The van der Waals surface area contributed by atoms with Crippen LogP contribution in [0.5, 0.6) is 0 Å². The van der Waals surface area contributed by atoms with Gasteiger partial charge in [-0.1, -0.05) is 0 Å². The first-order chi connectivity index (χ1) is 11.8. The van der Waals surface area contributed by atoms with E-state index in [-0.39, 0.29) is 0 Å². The van der Waals surface area contributed by atoms with E-state index in [4.69, 9.17) is 0 Å². The molecule has 0 aliphatic carbocycles. The molecule has 24 heavy (non-hydrogen) atoms. The highest BCUT2D eigenvalue weighted by Crippen LogP contribution is 2.30. The highest BCUT2D eigenvalue weighted by molar-refractivity contribution is 4.91. The van der Waals surface area contributed by atoms with Crippen LogP contribution in [0, 0.1) is 0 Å². The van der Waals surface area contributed by atoms with Gasteiger partial charge in [-0.15, -0.1) is 0 Å². The van der Waals surface area contributed by atoms with Crippen LogP contribution in [0.25, 0.3) is 0 Å². The number of fused-ring (bicyclic) bond motifs is 2. The lowest BCUT2D eigenvalue weighted by atomic mass is 10.0. The van der Waals surface area contributed by atoms with Crippen LogP contribution in [-0.2, 0) is 0 Å². The molecule has 2 aliphatic rings. The standard InChI is InChI=1S/C18H40N6/c1-19-9-4-12-22-15-7-18-23(13-5-10-20-2)16-8-17(22)24(18)14-6-11-21-3/h17-21H,4-16H2,1-3H3. The average molecular weight is 341 g/mol. The van der Waals surface area contributed by atoms with Crippen molar-refractivity contribution >= 4 is 0 Å². The van der Waals surface area contributed by atoms with E-state index in [1.54, 1.807) is 0 Å². The quantitative estimate of drug-likeness (QED) is 0.441. The Hall–Kier alpha value is -0.240. The molecule has 2 unspecified atom stereocenters. The molecule has 6 heteroatoms. The maximum Gasteiger partial charge on any atom is 0.0648 e. The van der Waals surface area contributed by atoms with Gasteiger partial charge >= 0.3 is 0 Å². The molecule has 142 valence electrons. The molecule has 0 radical (unpaired) electrons. The zero-order valence-electron chi connectivity index (χ0n) is 16.2. The average Bonchev–Trinajstić information content (AvgIpc) is 2.59. The van der Waals surface area contributed by atoms with Crippen LogP contribution in [0.3, 0.4) is 0 Å². The molecular formula is C18H40N6. The third-order valence-corrected chi connectivity index (χ3v) is 5.54. The minimum absolute atomic E-state index is 0.665. The third kappa shape index (κ3) is 5.64. The predicted octanol–water partition coefficient (Wildman–Crippen LogP) is 0.181. The van der Waals surface area contributed by atoms with Gasteiger partial charge in [0.25, 0.3) is 0 Å². The fourth-order valence-corrected chi connectivity index (χ4v) is 4.35. The van der Waals surface area contributed by atoms with Crippen molar-refractivity contribution in [2.45, 2.75) is 44.4 Å². The summed E-state index contributed by atoms with van der Waals surface area (Å²) in [7, 11) is 6.17. The van der Waals surface area contributed by atoms with E-state index in [2.05, 4.69) is 51.8 Å². The van der Waals surface area contributed by atoms with Gasteiger partial charge in [0.2, 0.25) is 0 Å². The molecule has 6 nitrogen and oxygen atoms in total. The van der Waals surface area contributed by atoms with Crippen molar-refractivity contribution in [3.8, 4) is 0 Å². The Balaban J connectivity index is 1.93. The minimum atomic E-state index is 0.665. The summed E-state index contributed by atoms with van der Waals surface area (Å²) in [6.07, 6.45) is 7.70. The first-order valence-electron chi connectivity index (χ1n) is 9.99. The van der Waals surface area contributed by atoms with Crippen molar-refractivity contribution in [1.82, 2.24) is 30.7 Å². The van der Waals surface area contributed by atoms with Gasteiger partial charge in [-0.25, -0.2) is 0 Å². The molecule has 0 saturated carbocycles. The van der Waals surface area contributed by atoms with Gasteiger partial charge < -0.3 is 16.0 Å². The molecule has 2 fully saturated rings. The third-order valence-electron chi connectivity index (χ3n) is 5.54. The second-order valence-electron chi connectivity index (χ2n) is 7.22. The molecule has 2 heterocycles. The number of nitrogens with one attached hydrogen (secondary N) is 3. The van der Waals surface area contributed by atoms with Crippen molar-refractivity contribution in [3.63, 3.8) is 0 Å². The van der Waals surface area contributed by atoms with Gasteiger partial charge in [-0.3, -0.25) is 14.7 Å². The maximum atomic E-state index is 3.31. The number of rotatable bonds is 12. The van der Waals surface area contributed by atoms with Crippen molar-refractivity contribution in [2.24, 2.45) is 0 Å². The molecule has 0 aromatic heterocycles. The second-order valence-corrected chi connectivity index (χ2v) is 7.22. The fraction of sp³-hybridized carbons (Fsp3) is 1.00. The largest absolute Gasteiger partial charge is 0.320 e. The molecule has 0 aromatic carbocycles. The van der Waals surface area contributed by atoms with Gasteiger partial charge in [-0.2, -0.15) is 0 Å². The van der Waals surface area contributed by atoms with Gasteiger partial charge in [0, 0.05) is 32.7 Å². The fourth-order valence-electron chi connectivity index (χ4n) is 4.35. The first-order valence-corrected chi connectivity index (χ1v) is 9.99. The van der Waals surface area contributed by atoms with Crippen LogP contribution in [0.1, 0.15) is 32.1 Å². The monoisotopic (exact) mass is 340 g/mol. The summed E-state index contributed by atoms with van der Waals surface area (Å²) >= 11 is 0. The highest BCUT2D eigenvalue weighted by atomic mass is 15.5. The van der Waals surface area contributed by atoms with Crippen LogP contribution in [-0.4, -0.2) is 101 Å². The van der Waals surface area contributed by atoms with E-state index in [0.717, 1.165) is 19.6 Å². The normalized spacial score (nSPS) is 26.1. The minimum Gasteiger partial charge on any atom is -0.320 e. The van der Waals surface area contributed by atoms with E-state index >= 15 is 0 Å². The van der Waals surface area contributed by atoms with E-state index < -0.39 is 0 Å². The first kappa shape index (κ1) is 20.1. The van der Waals surface area contributed by atoms with Crippen LogP contribution in [0.4, 0.5) is 0 Å². The lowest BCUT2D eigenvalue weighted by Crippen LogP contribution is -2.67. The van der Waals surface area contributed by atoms with Crippen molar-refractivity contribution in [2.75, 3.05) is 73.5 Å². The van der Waals surface area contributed by atoms with E-state index in [1.807, 2.05) is 0 Å². The van der Waals surface area contributed by atoms with Crippen molar-refractivity contribution in [3.05, 3.63) is 0 Å². The van der Waals surface area contributed by atoms with E-state index in [1.165, 1.54) is 64.8 Å². The molecule has 0 spiro atoms.